The minimum absolute atomic E-state index is 0.0981. The molecule has 0 saturated heterocycles. The minimum atomic E-state index is -0.403. The summed E-state index contributed by atoms with van der Waals surface area (Å²) in [6, 6.07) is 6.78. The number of carbonyl (C=O) groups is 2. The molecule has 0 spiro atoms. The van der Waals surface area contributed by atoms with E-state index in [0.717, 1.165) is 37.1 Å². The van der Waals surface area contributed by atoms with Gasteiger partial charge in [-0.15, -0.1) is 0 Å². The van der Waals surface area contributed by atoms with Crippen molar-refractivity contribution >= 4 is 11.9 Å². The molecule has 138 valence electrons. The smallest absolute Gasteiger partial charge is 0.346 e. The Bertz CT molecular complexity index is 851. The van der Waals surface area contributed by atoms with Crippen molar-refractivity contribution in [3.05, 3.63) is 51.7 Å². The van der Waals surface area contributed by atoms with Crippen molar-refractivity contribution in [2.75, 3.05) is 7.11 Å². The number of hydrogen-bond donors (Lipinski definition) is 1. The van der Waals surface area contributed by atoms with Crippen LogP contribution in [-0.4, -0.2) is 33.3 Å². The third-order valence-corrected chi connectivity index (χ3v) is 4.44. The minimum Gasteiger partial charge on any atom is -0.465 e. The summed E-state index contributed by atoms with van der Waals surface area (Å²) in [5.41, 5.74) is 1.08. The Morgan fingerprint density at radius 3 is 2.69 bits per heavy atom. The molecule has 1 aromatic heterocycles. The first-order valence-corrected chi connectivity index (χ1v) is 8.69. The Hall–Kier alpha value is -2.90. The highest BCUT2D eigenvalue weighted by atomic mass is 16.5. The van der Waals surface area contributed by atoms with Crippen molar-refractivity contribution in [2.45, 2.75) is 45.3 Å². The number of esters is 1. The molecule has 26 heavy (non-hydrogen) atoms. The van der Waals surface area contributed by atoms with Gasteiger partial charge in [-0.3, -0.25) is 9.36 Å². The average Bonchev–Trinajstić information content (AvgIpc) is 2.82. The maximum Gasteiger partial charge on any atom is 0.346 e. The number of aryl methyl sites for hydroxylation is 1. The molecular formula is C18H22N4O4. The van der Waals surface area contributed by atoms with Crippen LogP contribution in [0, 0.1) is 0 Å². The number of methoxy groups -OCH3 is 1. The van der Waals surface area contributed by atoms with Crippen molar-refractivity contribution in [3.8, 4) is 0 Å². The van der Waals surface area contributed by atoms with E-state index in [1.807, 2.05) is 0 Å². The number of ether oxygens (including phenoxy) is 1. The largest absolute Gasteiger partial charge is 0.465 e. The van der Waals surface area contributed by atoms with Crippen LogP contribution in [0.4, 0.5) is 0 Å². The number of hydrogen-bond acceptors (Lipinski definition) is 5. The van der Waals surface area contributed by atoms with E-state index in [1.165, 1.54) is 11.8 Å². The lowest BCUT2D eigenvalue weighted by Crippen LogP contribution is -2.33. The molecule has 1 N–H and O–H groups in total. The zero-order chi connectivity index (χ0) is 18.5. The Morgan fingerprint density at radius 2 is 1.96 bits per heavy atom. The highest BCUT2D eigenvalue weighted by Crippen LogP contribution is 2.10. The Labute approximate surface area is 150 Å². The summed E-state index contributed by atoms with van der Waals surface area (Å²) in [7, 11) is 1.33. The molecule has 2 aromatic rings. The fourth-order valence-corrected chi connectivity index (χ4v) is 3.00. The number of nitrogens with one attached hydrogen (secondary N) is 1. The molecule has 0 fully saturated rings. The van der Waals surface area contributed by atoms with E-state index in [0.29, 0.717) is 18.7 Å². The van der Waals surface area contributed by atoms with Gasteiger partial charge in [0.15, 0.2) is 0 Å². The lowest BCUT2D eigenvalue weighted by molar-refractivity contribution is -0.122. The topological polar surface area (TPSA) is 95.2 Å². The molecule has 1 aliphatic rings. The van der Waals surface area contributed by atoms with Crippen molar-refractivity contribution in [3.63, 3.8) is 0 Å². The summed E-state index contributed by atoms with van der Waals surface area (Å²) in [5, 5.41) is 7.07. The quantitative estimate of drug-likeness (QED) is 0.801. The first-order valence-electron chi connectivity index (χ1n) is 8.69. The molecule has 0 saturated carbocycles. The summed E-state index contributed by atoms with van der Waals surface area (Å²) in [5.74, 6) is 0.0793. The van der Waals surface area contributed by atoms with Crippen LogP contribution in [-0.2, 0) is 35.6 Å². The van der Waals surface area contributed by atoms with E-state index in [2.05, 4.69) is 15.2 Å². The Balaban J connectivity index is 1.58. The van der Waals surface area contributed by atoms with Gasteiger partial charge in [0.05, 0.1) is 12.7 Å². The van der Waals surface area contributed by atoms with E-state index in [1.54, 1.807) is 28.8 Å². The summed E-state index contributed by atoms with van der Waals surface area (Å²) < 4.78 is 7.55. The second kappa shape index (κ2) is 7.99. The van der Waals surface area contributed by atoms with E-state index in [-0.39, 0.29) is 18.1 Å². The predicted molar refractivity (Wildman–Crippen MR) is 93.7 cm³/mol. The third kappa shape index (κ3) is 4.01. The first kappa shape index (κ1) is 17.9. The zero-order valence-electron chi connectivity index (χ0n) is 14.7. The average molecular weight is 358 g/mol. The van der Waals surface area contributed by atoms with Gasteiger partial charge in [-0.1, -0.05) is 18.6 Å². The van der Waals surface area contributed by atoms with Crippen LogP contribution in [0.5, 0.6) is 0 Å². The van der Waals surface area contributed by atoms with E-state index in [9.17, 15) is 14.4 Å². The molecule has 0 atom stereocenters. The normalized spacial score (nSPS) is 13.6. The van der Waals surface area contributed by atoms with Crippen LogP contribution >= 0.6 is 0 Å². The van der Waals surface area contributed by atoms with Gasteiger partial charge >= 0.3 is 11.7 Å². The molecule has 1 aromatic carbocycles. The number of fused-ring (bicyclic) bond motifs is 1. The molecular weight excluding hydrogens is 336 g/mol. The van der Waals surface area contributed by atoms with Gasteiger partial charge in [0.2, 0.25) is 5.91 Å². The van der Waals surface area contributed by atoms with Crippen LogP contribution < -0.4 is 11.0 Å². The van der Waals surface area contributed by atoms with E-state index < -0.39 is 5.97 Å². The molecule has 0 aliphatic carbocycles. The molecule has 0 radical (unpaired) electrons. The first-order chi connectivity index (χ1) is 12.6. The highest BCUT2D eigenvalue weighted by molar-refractivity contribution is 5.89. The van der Waals surface area contributed by atoms with Crippen LogP contribution in [0.15, 0.2) is 29.1 Å². The SMILES string of the molecule is COC(=O)c1ccc(CNC(=O)Cn2nc3n(c2=O)CCCCC3)cc1. The summed E-state index contributed by atoms with van der Waals surface area (Å²) in [6.07, 6.45) is 3.85. The second-order valence-electron chi connectivity index (χ2n) is 6.28. The Kier molecular flexibility index (Phi) is 5.50. The number of benzene rings is 1. The van der Waals surface area contributed by atoms with Crippen molar-refractivity contribution in [1.82, 2.24) is 19.7 Å². The second-order valence-corrected chi connectivity index (χ2v) is 6.28. The number of aromatic nitrogens is 3. The van der Waals surface area contributed by atoms with Crippen molar-refractivity contribution in [2.24, 2.45) is 0 Å². The van der Waals surface area contributed by atoms with Gasteiger partial charge in [0.1, 0.15) is 12.4 Å². The summed E-state index contributed by atoms with van der Waals surface area (Å²) >= 11 is 0. The monoisotopic (exact) mass is 358 g/mol. The van der Waals surface area contributed by atoms with Crippen LogP contribution in [0.2, 0.25) is 0 Å². The van der Waals surface area contributed by atoms with Crippen LogP contribution in [0.25, 0.3) is 0 Å². The number of rotatable bonds is 5. The van der Waals surface area contributed by atoms with Gasteiger partial charge < -0.3 is 10.1 Å². The van der Waals surface area contributed by atoms with Crippen LogP contribution in [0.3, 0.4) is 0 Å². The fourth-order valence-electron chi connectivity index (χ4n) is 3.00. The van der Waals surface area contributed by atoms with Gasteiger partial charge in [-0.2, -0.15) is 5.10 Å². The van der Waals surface area contributed by atoms with E-state index >= 15 is 0 Å². The molecule has 1 amide bonds. The van der Waals surface area contributed by atoms with Gasteiger partial charge in [-0.05, 0) is 30.5 Å². The lowest BCUT2D eigenvalue weighted by Gasteiger charge is -2.06. The van der Waals surface area contributed by atoms with Crippen molar-refractivity contribution < 1.29 is 14.3 Å². The maximum atomic E-state index is 12.3. The number of carbonyl (C=O) groups excluding carboxylic acids is 2. The number of amides is 1. The fraction of sp³-hybridized carbons (Fsp3) is 0.444. The highest BCUT2D eigenvalue weighted by Gasteiger charge is 2.17. The Morgan fingerprint density at radius 1 is 1.19 bits per heavy atom. The third-order valence-electron chi connectivity index (χ3n) is 4.44. The van der Waals surface area contributed by atoms with E-state index in [4.69, 9.17) is 0 Å². The molecule has 2 heterocycles. The van der Waals surface area contributed by atoms with Gasteiger partial charge in [-0.25, -0.2) is 14.3 Å². The molecule has 8 nitrogen and oxygen atoms in total. The number of nitrogens with zero attached hydrogens (tertiary/aromatic N) is 3. The standard InChI is InChI=1S/C18H22N4O4/c1-26-17(24)14-8-6-13(7-9-14)11-19-16(23)12-22-18(25)21-10-4-2-3-5-15(21)20-22/h6-9H,2-5,10-12H2,1H3,(H,19,23). The summed E-state index contributed by atoms with van der Waals surface area (Å²) in [6.45, 7) is 0.879. The molecule has 8 heteroatoms. The summed E-state index contributed by atoms with van der Waals surface area (Å²) in [4.78, 5) is 35.9. The zero-order valence-corrected chi connectivity index (χ0v) is 14.7. The van der Waals surface area contributed by atoms with Crippen LogP contribution in [0.1, 0.15) is 41.0 Å². The lowest BCUT2D eigenvalue weighted by atomic mass is 10.1. The molecule has 1 aliphatic heterocycles. The van der Waals surface area contributed by atoms with Gasteiger partial charge in [0.25, 0.3) is 0 Å². The molecule has 3 rings (SSSR count). The molecule has 0 bridgehead atoms. The molecule has 0 unspecified atom stereocenters. The van der Waals surface area contributed by atoms with Gasteiger partial charge in [0, 0.05) is 19.5 Å². The van der Waals surface area contributed by atoms with Crippen molar-refractivity contribution in [1.29, 1.82) is 0 Å². The predicted octanol–water partition coefficient (Wildman–Crippen LogP) is 0.874. The maximum absolute atomic E-state index is 12.3.